The normalized spacial score (nSPS) is 14.1. The fourth-order valence-electron chi connectivity index (χ4n) is 4.72. The topological polar surface area (TPSA) is 59.4 Å². The SMILES string of the molecule is O=C(NCc1ccnc(Cl)c1)n1c2c(c3cccc(Cl)c31)CN(C/C=C/c1ccc(OC(F)(F)F)cc1)CC2. The van der Waals surface area contributed by atoms with Gasteiger partial charge in [-0.05, 0) is 47.0 Å². The number of fused-ring (bicyclic) bond motifs is 3. The van der Waals surface area contributed by atoms with Gasteiger partial charge in [-0.3, -0.25) is 9.47 Å². The number of ether oxygens (including phenoxy) is 1. The van der Waals surface area contributed by atoms with Gasteiger partial charge < -0.3 is 10.1 Å². The van der Waals surface area contributed by atoms with Crippen molar-refractivity contribution in [1.29, 1.82) is 0 Å². The van der Waals surface area contributed by atoms with Crippen LogP contribution in [0, 0.1) is 0 Å². The van der Waals surface area contributed by atoms with E-state index in [0.717, 1.165) is 34.3 Å². The minimum absolute atomic E-state index is 0.258. The molecule has 1 aliphatic heterocycles. The Bertz CT molecular complexity index is 1530. The van der Waals surface area contributed by atoms with Crippen LogP contribution in [-0.2, 0) is 19.5 Å². The third kappa shape index (κ3) is 6.38. The van der Waals surface area contributed by atoms with Crippen molar-refractivity contribution in [1.82, 2.24) is 19.8 Å². The summed E-state index contributed by atoms with van der Waals surface area (Å²) in [4.78, 5) is 19.6. The van der Waals surface area contributed by atoms with E-state index in [1.54, 1.807) is 41.1 Å². The van der Waals surface area contributed by atoms with Crippen LogP contribution in [0.25, 0.3) is 17.0 Å². The molecule has 5 rings (SSSR count). The summed E-state index contributed by atoms with van der Waals surface area (Å²) in [6, 6.07) is 14.5. The Kier molecular flexibility index (Phi) is 7.83. The standard InChI is InChI=1S/C28H23Cl2F3N4O2/c29-23-5-1-4-21-22-17-36(13-2-3-18-6-8-20(9-7-18)39-28(31,32)33)14-11-24(22)37(26(21)23)27(38)35-16-19-10-12-34-25(30)15-19/h1-10,12,15H,11,13-14,16-17H2,(H,35,38)/b3-2+. The molecule has 0 fully saturated rings. The van der Waals surface area contributed by atoms with E-state index in [9.17, 15) is 18.0 Å². The number of halogens is 5. The molecule has 4 aromatic rings. The first-order chi connectivity index (χ1) is 18.7. The number of rotatable bonds is 6. The Balaban J connectivity index is 1.31. The first-order valence-electron chi connectivity index (χ1n) is 12.1. The van der Waals surface area contributed by atoms with Crippen LogP contribution in [0.2, 0.25) is 10.2 Å². The molecule has 11 heteroatoms. The summed E-state index contributed by atoms with van der Waals surface area (Å²) in [6.45, 7) is 2.26. The molecule has 0 bridgehead atoms. The number of hydrogen-bond donors (Lipinski definition) is 1. The predicted molar refractivity (Wildman–Crippen MR) is 145 cm³/mol. The molecule has 6 nitrogen and oxygen atoms in total. The maximum atomic E-state index is 13.4. The van der Waals surface area contributed by atoms with E-state index >= 15 is 0 Å². The van der Waals surface area contributed by atoms with Crippen LogP contribution < -0.4 is 10.1 Å². The lowest BCUT2D eigenvalue weighted by Gasteiger charge is -2.27. The Hall–Kier alpha value is -3.53. The molecule has 1 N–H and O–H groups in total. The lowest BCUT2D eigenvalue weighted by molar-refractivity contribution is -0.274. The number of amides is 1. The highest BCUT2D eigenvalue weighted by Gasteiger charge is 2.31. The first kappa shape index (κ1) is 27.1. The lowest BCUT2D eigenvalue weighted by atomic mass is 10.0. The van der Waals surface area contributed by atoms with Crippen LogP contribution in [0.4, 0.5) is 18.0 Å². The van der Waals surface area contributed by atoms with E-state index in [0.29, 0.717) is 41.7 Å². The van der Waals surface area contributed by atoms with Gasteiger partial charge in [0.25, 0.3) is 0 Å². The van der Waals surface area contributed by atoms with Gasteiger partial charge in [-0.15, -0.1) is 13.2 Å². The second-order valence-electron chi connectivity index (χ2n) is 9.05. The molecule has 1 aliphatic rings. The fraction of sp³-hybridized carbons (Fsp3) is 0.214. The molecule has 39 heavy (non-hydrogen) atoms. The molecule has 2 aromatic carbocycles. The van der Waals surface area contributed by atoms with Crippen molar-refractivity contribution >= 4 is 46.2 Å². The van der Waals surface area contributed by atoms with Gasteiger partial charge >= 0.3 is 12.4 Å². The Morgan fingerprint density at radius 1 is 1.13 bits per heavy atom. The largest absolute Gasteiger partial charge is 0.573 e. The second kappa shape index (κ2) is 11.3. The zero-order chi connectivity index (χ0) is 27.6. The molecule has 1 amide bonds. The zero-order valence-corrected chi connectivity index (χ0v) is 22.0. The van der Waals surface area contributed by atoms with Gasteiger partial charge in [-0.2, -0.15) is 0 Å². The number of para-hydroxylation sites is 1. The monoisotopic (exact) mass is 574 g/mol. The van der Waals surface area contributed by atoms with Gasteiger partial charge in [0.1, 0.15) is 10.9 Å². The molecule has 0 spiro atoms. The van der Waals surface area contributed by atoms with Crippen molar-refractivity contribution in [3.63, 3.8) is 0 Å². The molecule has 3 heterocycles. The number of aromatic nitrogens is 2. The summed E-state index contributed by atoms with van der Waals surface area (Å²) < 4.78 is 42.7. The molecule has 0 radical (unpaired) electrons. The van der Waals surface area contributed by atoms with Crippen LogP contribution in [-0.4, -0.2) is 39.9 Å². The van der Waals surface area contributed by atoms with Gasteiger partial charge in [-0.25, -0.2) is 9.78 Å². The number of pyridine rings is 1. The van der Waals surface area contributed by atoms with E-state index in [2.05, 4.69) is 19.9 Å². The quantitative estimate of drug-likeness (QED) is 0.250. The van der Waals surface area contributed by atoms with Crippen molar-refractivity contribution < 1.29 is 22.7 Å². The van der Waals surface area contributed by atoms with Gasteiger partial charge in [0.2, 0.25) is 0 Å². The van der Waals surface area contributed by atoms with Crippen molar-refractivity contribution in [3.05, 3.63) is 99.4 Å². The molecule has 0 aliphatic carbocycles. The summed E-state index contributed by atoms with van der Waals surface area (Å²) in [5, 5.41) is 4.74. The highest BCUT2D eigenvalue weighted by atomic mass is 35.5. The van der Waals surface area contributed by atoms with Crippen molar-refractivity contribution in [2.24, 2.45) is 0 Å². The summed E-state index contributed by atoms with van der Waals surface area (Å²) in [6.07, 6.45) is 1.34. The fourth-order valence-corrected chi connectivity index (χ4v) is 5.18. The highest BCUT2D eigenvalue weighted by Crippen LogP contribution is 2.35. The van der Waals surface area contributed by atoms with E-state index in [1.165, 1.54) is 12.1 Å². The number of nitrogens with zero attached hydrogens (tertiary/aromatic N) is 3. The van der Waals surface area contributed by atoms with Crippen molar-refractivity contribution in [2.45, 2.75) is 25.9 Å². The van der Waals surface area contributed by atoms with Gasteiger partial charge in [0, 0.05) is 49.9 Å². The zero-order valence-electron chi connectivity index (χ0n) is 20.5. The molecule has 0 saturated carbocycles. The average molecular weight is 575 g/mol. The number of benzene rings is 2. The Morgan fingerprint density at radius 2 is 1.92 bits per heavy atom. The second-order valence-corrected chi connectivity index (χ2v) is 9.84. The van der Waals surface area contributed by atoms with Gasteiger partial charge in [0.05, 0.1) is 10.5 Å². The third-order valence-corrected chi connectivity index (χ3v) is 6.94. The molecule has 0 unspecified atom stereocenters. The molecular weight excluding hydrogens is 552 g/mol. The van der Waals surface area contributed by atoms with E-state index < -0.39 is 6.36 Å². The minimum Gasteiger partial charge on any atom is -0.406 e. The molecule has 202 valence electrons. The van der Waals surface area contributed by atoms with Gasteiger partial charge in [0.15, 0.2) is 0 Å². The van der Waals surface area contributed by atoms with Crippen LogP contribution >= 0.6 is 23.2 Å². The van der Waals surface area contributed by atoms with Crippen LogP contribution in [0.15, 0.2) is 66.9 Å². The number of carbonyl (C=O) groups excluding carboxylic acids is 1. The molecule has 0 saturated heterocycles. The smallest absolute Gasteiger partial charge is 0.406 e. The van der Waals surface area contributed by atoms with Crippen LogP contribution in [0.3, 0.4) is 0 Å². The first-order valence-corrected chi connectivity index (χ1v) is 12.9. The maximum absolute atomic E-state index is 13.4. The predicted octanol–water partition coefficient (Wildman–Crippen LogP) is 7.07. The lowest BCUT2D eigenvalue weighted by Crippen LogP contribution is -2.34. The summed E-state index contributed by atoms with van der Waals surface area (Å²) in [7, 11) is 0. The van der Waals surface area contributed by atoms with Crippen molar-refractivity contribution in [2.75, 3.05) is 13.1 Å². The highest BCUT2D eigenvalue weighted by molar-refractivity contribution is 6.35. The maximum Gasteiger partial charge on any atom is 0.573 e. The Morgan fingerprint density at radius 3 is 2.67 bits per heavy atom. The molecule has 2 aromatic heterocycles. The number of alkyl halides is 3. The van der Waals surface area contributed by atoms with Crippen LogP contribution in [0.1, 0.15) is 22.4 Å². The Labute approximate surface area is 232 Å². The average Bonchev–Trinajstić information content (AvgIpc) is 3.23. The van der Waals surface area contributed by atoms with E-state index in [1.807, 2.05) is 24.3 Å². The minimum atomic E-state index is -4.72. The van der Waals surface area contributed by atoms with E-state index in [-0.39, 0.29) is 11.8 Å². The van der Waals surface area contributed by atoms with Crippen molar-refractivity contribution in [3.8, 4) is 5.75 Å². The number of nitrogens with one attached hydrogen (secondary N) is 1. The molecule has 0 atom stereocenters. The third-order valence-electron chi connectivity index (χ3n) is 6.43. The van der Waals surface area contributed by atoms with Gasteiger partial charge in [-0.1, -0.05) is 59.6 Å². The van der Waals surface area contributed by atoms with Crippen LogP contribution in [0.5, 0.6) is 5.75 Å². The summed E-state index contributed by atoms with van der Waals surface area (Å²) in [5.74, 6) is -0.258. The summed E-state index contributed by atoms with van der Waals surface area (Å²) >= 11 is 12.5. The number of carbonyl (C=O) groups is 1. The van der Waals surface area contributed by atoms with E-state index in [4.69, 9.17) is 23.2 Å². The number of hydrogen-bond acceptors (Lipinski definition) is 4. The summed E-state index contributed by atoms with van der Waals surface area (Å²) in [5.41, 5.74) is 4.23. The molecular formula is C28H23Cl2F3N4O2.